The third-order valence-corrected chi connectivity index (χ3v) is 16.1. The SMILES string of the molecule is CC(C(=O)CCCO[Si](c1ccccc1)(c1ccccc1)C(C)(C)C)P(=O)(c1ccccc1)c1ccccc1. The summed E-state index contributed by atoms with van der Waals surface area (Å²) in [5, 5.41) is 3.77. The number of rotatable bonds is 11. The highest BCUT2D eigenvalue weighted by Gasteiger charge is 2.50. The Morgan fingerprint density at radius 2 is 1.10 bits per heavy atom. The second-order valence-corrected chi connectivity index (χ2v) is 18.5. The summed E-state index contributed by atoms with van der Waals surface area (Å²) in [7, 11) is -5.81. The van der Waals surface area contributed by atoms with Crippen molar-refractivity contribution in [1.29, 1.82) is 0 Å². The van der Waals surface area contributed by atoms with Gasteiger partial charge in [-0.1, -0.05) is 142 Å². The van der Waals surface area contributed by atoms with Gasteiger partial charge >= 0.3 is 0 Å². The van der Waals surface area contributed by atoms with Crippen LogP contribution in [0, 0.1) is 0 Å². The number of benzene rings is 4. The van der Waals surface area contributed by atoms with Crippen LogP contribution >= 0.6 is 7.14 Å². The minimum atomic E-state index is -3.16. The zero-order chi connectivity index (χ0) is 27.9. The molecule has 1 atom stereocenters. The number of hydrogen-bond acceptors (Lipinski definition) is 3. The Morgan fingerprint density at radius 1 is 0.718 bits per heavy atom. The van der Waals surface area contributed by atoms with Gasteiger partial charge in [-0.2, -0.15) is 0 Å². The molecule has 39 heavy (non-hydrogen) atoms. The fraction of sp³-hybridized carbons (Fsp3) is 0.265. The Balaban J connectivity index is 1.56. The van der Waals surface area contributed by atoms with Crippen molar-refractivity contribution in [3.8, 4) is 0 Å². The van der Waals surface area contributed by atoms with E-state index in [1.807, 2.05) is 79.7 Å². The monoisotopic (exact) mass is 554 g/mol. The van der Waals surface area contributed by atoms with Crippen molar-refractivity contribution in [3.05, 3.63) is 121 Å². The lowest BCUT2D eigenvalue weighted by Crippen LogP contribution is -2.66. The largest absolute Gasteiger partial charge is 0.407 e. The van der Waals surface area contributed by atoms with Gasteiger partial charge in [0, 0.05) is 23.6 Å². The summed E-state index contributed by atoms with van der Waals surface area (Å²) in [5.41, 5.74) is -0.616. The Labute approximate surface area is 234 Å². The lowest BCUT2D eigenvalue weighted by Gasteiger charge is -2.43. The third-order valence-electron chi connectivity index (χ3n) is 7.59. The molecular weight excluding hydrogens is 515 g/mol. The maximum absolute atomic E-state index is 14.6. The van der Waals surface area contributed by atoms with Crippen molar-refractivity contribution in [1.82, 2.24) is 0 Å². The molecule has 3 nitrogen and oxygen atoms in total. The Kier molecular flexibility index (Phi) is 9.22. The van der Waals surface area contributed by atoms with Crippen LogP contribution in [0.2, 0.25) is 5.04 Å². The molecule has 1 unspecified atom stereocenters. The molecule has 4 rings (SSSR count). The molecule has 0 N–H and O–H groups in total. The van der Waals surface area contributed by atoms with Crippen LogP contribution in [0.4, 0.5) is 0 Å². The first-order valence-corrected chi connectivity index (χ1v) is 17.4. The highest BCUT2D eigenvalue weighted by atomic mass is 31.2. The first kappa shape index (κ1) is 29.0. The van der Waals surface area contributed by atoms with Crippen LogP contribution in [0.15, 0.2) is 121 Å². The third kappa shape index (κ3) is 5.94. The molecule has 5 heteroatoms. The fourth-order valence-corrected chi connectivity index (χ4v) is 13.1. The van der Waals surface area contributed by atoms with E-state index in [0.717, 1.165) is 10.6 Å². The molecular formula is C34H39O3PSi. The number of carbonyl (C=O) groups excluding carboxylic acids is 1. The zero-order valence-corrected chi connectivity index (χ0v) is 25.3. The second-order valence-electron chi connectivity index (χ2n) is 11.1. The van der Waals surface area contributed by atoms with Crippen LogP contribution in [0.25, 0.3) is 0 Å². The molecule has 0 aliphatic rings. The Morgan fingerprint density at radius 3 is 1.49 bits per heavy atom. The molecule has 0 aliphatic carbocycles. The van der Waals surface area contributed by atoms with Gasteiger partial charge in [-0.05, 0) is 28.8 Å². The molecule has 0 saturated heterocycles. The van der Waals surface area contributed by atoms with Crippen molar-refractivity contribution < 1.29 is 13.8 Å². The molecule has 0 heterocycles. The van der Waals surface area contributed by atoms with E-state index in [1.165, 1.54) is 10.4 Å². The number of ketones is 1. The van der Waals surface area contributed by atoms with E-state index in [4.69, 9.17) is 4.43 Å². The number of hydrogen-bond donors (Lipinski definition) is 0. The van der Waals surface area contributed by atoms with E-state index in [-0.39, 0.29) is 10.8 Å². The summed E-state index contributed by atoms with van der Waals surface area (Å²) in [5.74, 6) is 0.0112. The van der Waals surface area contributed by atoms with Gasteiger partial charge in [0.25, 0.3) is 8.32 Å². The summed E-state index contributed by atoms with van der Waals surface area (Å²) in [6.45, 7) is 9.05. The van der Waals surface area contributed by atoms with Crippen LogP contribution in [0.1, 0.15) is 40.5 Å². The van der Waals surface area contributed by atoms with Gasteiger partial charge in [-0.3, -0.25) is 4.79 Å². The molecule has 0 aliphatic heterocycles. The van der Waals surface area contributed by atoms with Crippen LogP contribution in [-0.2, 0) is 13.8 Å². The molecule has 0 aromatic heterocycles. The maximum Gasteiger partial charge on any atom is 0.261 e. The highest BCUT2D eigenvalue weighted by Crippen LogP contribution is 2.49. The molecule has 0 bridgehead atoms. The lowest BCUT2D eigenvalue weighted by molar-refractivity contribution is -0.118. The smallest absolute Gasteiger partial charge is 0.261 e. The maximum atomic E-state index is 14.6. The van der Waals surface area contributed by atoms with Crippen LogP contribution in [0.5, 0.6) is 0 Å². The fourth-order valence-electron chi connectivity index (χ4n) is 5.54. The molecule has 0 fully saturated rings. The van der Waals surface area contributed by atoms with Gasteiger partial charge in [-0.25, -0.2) is 0 Å². The molecule has 0 spiro atoms. The summed E-state index contributed by atoms with van der Waals surface area (Å²) in [6, 6.07) is 40.0. The number of Topliss-reactive ketones (excluding diaryl/α,β-unsaturated/α-hetero) is 1. The van der Waals surface area contributed by atoms with E-state index in [0.29, 0.717) is 19.4 Å². The van der Waals surface area contributed by atoms with Crippen LogP contribution in [0.3, 0.4) is 0 Å². The van der Waals surface area contributed by atoms with E-state index in [1.54, 1.807) is 0 Å². The predicted molar refractivity (Wildman–Crippen MR) is 167 cm³/mol. The summed E-state index contributed by atoms with van der Waals surface area (Å²) < 4.78 is 21.6. The normalized spacial score (nSPS) is 13.1. The van der Waals surface area contributed by atoms with Crippen LogP contribution < -0.4 is 21.0 Å². The minimum absolute atomic E-state index is 0.0112. The van der Waals surface area contributed by atoms with Gasteiger partial charge in [0.15, 0.2) is 7.14 Å². The summed E-state index contributed by atoms with van der Waals surface area (Å²) in [4.78, 5) is 13.6. The van der Waals surface area contributed by atoms with Crippen molar-refractivity contribution in [2.24, 2.45) is 0 Å². The predicted octanol–water partition coefficient (Wildman–Crippen LogP) is 6.31. The quantitative estimate of drug-likeness (QED) is 0.124. The first-order valence-electron chi connectivity index (χ1n) is 13.7. The van der Waals surface area contributed by atoms with Gasteiger partial charge < -0.3 is 8.99 Å². The van der Waals surface area contributed by atoms with Gasteiger partial charge in [0.2, 0.25) is 0 Å². The van der Waals surface area contributed by atoms with Crippen LogP contribution in [-0.4, -0.2) is 26.4 Å². The molecule has 0 saturated carbocycles. The average Bonchev–Trinajstić information content (AvgIpc) is 2.97. The van der Waals surface area contributed by atoms with E-state index >= 15 is 0 Å². The van der Waals surface area contributed by atoms with Crippen molar-refractivity contribution in [3.63, 3.8) is 0 Å². The second kappa shape index (κ2) is 12.4. The van der Waals surface area contributed by atoms with E-state index < -0.39 is 21.1 Å². The van der Waals surface area contributed by atoms with E-state index in [2.05, 4.69) is 69.3 Å². The first-order chi connectivity index (χ1) is 18.7. The van der Waals surface area contributed by atoms with E-state index in [9.17, 15) is 9.36 Å². The molecule has 0 amide bonds. The zero-order valence-electron chi connectivity index (χ0n) is 23.4. The molecule has 0 radical (unpaired) electrons. The standard InChI is InChI=1S/C34H39O3PSi/c1-28(38(36,29-18-9-5-10-19-29)30-20-11-6-12-21-30)33(35)26-17-27-37-39(34(2,3)4,31-22-13-7-14-23-31)32-24-15-8-16-25-32/h5-16,18-25,28H,17,26-27H2,1-4H3. The summed E-state index contributed by atoms with van der Waals surface area (Å²) >= 11 is 0. The minimum Gasteiger partial charge on any atom is -0.407 e. The van der Waals surface area contributed by atoms with Crippen molar-refractivity contribution in [2.45, 2.75) is 51.2 Å². The molecule has 202 valence electrons. The topological polar surface area (TPSA) is 43.4 Å². The average molecular weight is 555 g/mol. The van der Waals surface area contributed by atoms with Crippen molar-refractivity contribution in [2.75, 3.05) is 6.61 Å². The highest BCUT2D eigenvalue weighted by molar-refractivity contribution is 7.80. The van der Waals surface area contributed by atoms with Gasteiger partial charge in [0.1, 0.15) is 5.78 Å². The van der Waals surface area contributed by atoms with Gasteiger partial charge in [-0.15, -0.1) is 0 Å². The Hall–Kier alpha value is -3.04. The molecule has 4 aromatic rings. The Bertz CT molecular complexity index is 1300. The van der Waals surface area contributed by atoms with Crippen molar-refractivity contribution >= 4 is 42.2 Å². The lowest BCUT2D eigenvalue weighted by atomic mass is 10.2. The number of carbonyl (C=O) groups is 1. The van der Waals surface area contributed by atoms with Gasteiger partial charge in [0.05, 0.1) is 5.66 Å². The summed E-state index contributed by atoms with van der Waals surface area (Å²) in [6.07, 6.45) is 0.903. The molecule has 4 aromatic carbocycles.